The number of hydrogen-bond acceptors (Lipinski definition) is 12. The number of aryl methyl sites for hydroxylation is 1. The quantitative estimate of drug-likeness (QED) is 0.128. The van der Waals surface area contributed by atoms with Crippen LogP contribution in [0.25, 0.3) is 0 Å². The summed E-state index contributed by atoms with van der Waals surface area (Å²) in [6, 6.07) is 1.06. The predicted octanol–water partition coefficient (Wildman–Crippen LogP) is 0.686. The van der Waals surface area contributed by atoms with Crippen LogP contribution in [0.5, 0.6) is 5.75 Å². The van der Waals surface area contributed by atoms with Crippen molar-refractivity contribution in [3.8, 4) is 5.75 Å². The summed E-state index contributed by atoms with van der Waals surface area (Å²) in [6.07, 6.45) is 2.43. The minimum Gasteiger partial charge on any atom is -0.493 e. The first-order valence-corrected chi connectivity index (χ1v) is 16.1. The van der Waals surface area contributed by atoms with E-state index in [1.165, 1.54) is 0 Å². The molecule has 0 bridgehead atoms. The van der Waals surface area contributed by atoms with Crippen LogP contribution in [0.1, 0.15) is 49.8 Å². The van der Waals surface area contributed by atoms with Crippen LogP contribution in [-0.4, -0.2) is 135 Å². The predicted molar refractivity (Wildman–Crippen MR) is 165 cm³/mol. The van der Waals surface area contributed by atoms with Gasteiger partial charge in [0.15, 0.2) is 0 Å². The fourth-order valence-electron chi connectivity index (χ4n) is 6.10. The van der Waals surface area contributed by atoms with Crippen molar-refractivity contribution in [2.45, 2.75) is 69.5 Å². The lowest BCUT2D eigenvalue weighted by Gasteiger charge is -2.39. The number of carbonyl (C=O) groups is 1. The average molecular weight is 652 g/mol. The number of aromatic nitrogens is 2. The fourth-order valence-corrected chi connectivity index (χ4v) is 6.10. The number of carbonyl (C=O) groups excluding carboxylic acids is 1. The van der Waals surface area contributed by atoms with E-state index >= 15 is 8.78 Å². The number of nitrogens with zero attached hydrogens (tertiary/aromatic N) is 5. The summed E-state index contributed by atoms with van der Waals surface area (Å²) in [5.74, 6) is -0.386. The molecule has 14 heteroatoms. The van der Waals surface area contributed by atoms with Crippen LogP contribution in [0.15, 0.2) is 24.5 Å². The summed E-state index contributed by atoms with van der Waals surface area (Å²) < 4.78 is 36.0. The van der Waals surface area contributed by atoms with Crippen LogP contribution in [0.2, 0.25) is 0 Å². The number of piperidine rings is 1. The second-order valence-electron chi connectivity index (χ2n) is 12.2. The number of rotatable bonds is 16. The lowest BCUT2D eigenvalue weighted by Crippen LogP contribution is -2.54. The normalized spacial score (nSPS) is 20.2. The number of ether oxygens (including phenoxy) is 1. The van der Waals surface area contributed by atoms with Crippen LogP contribution >= 0.6 is 0 Å². The third kappa shape index (κ3) is 9.37. The molecule has 0 radical (unpaired) electrons. The Hall–Kier alpha value is -2.85. The molecule has 1 unspecified atom stereocenters. The van der Waals surface area contributed by atoms with Gasteiger partial charge in [-0.1, -0.05) is 6.92 Å². The fraction of sp³-hybridized carbons (Fsp3) is 0.656. The molecule has 46 heavy (non-hydrogen) atoms. The minimum atomic E-state index is -1.73. The van der Waals surface area contributed by atoms with Crippen LogP contribution < -0.4 is 9.64 Å². The molecule has 2 saturated heterocycles. The molecule has 0 aliphatic carbocycles. The molecular weight excluding hydrogens is 604 g/mol. The SMILES string of the molecule is CCc1cnc(N2CCC(CCCOc3cc(F)c(C(C=O)N4CCN(C[C@H](O)[C@@H](O)[C@H](O)[C@H](O)CO)CC4)c(F)c3)CC2)nc1. The molecule has 2 fully saturated rings. The van der Waals surface area contributed by atoms with Crippen molar-refractivity contribution in [2.24, 2.45) is 5.92 Å². The van der Waals surface area contributed by atoms with Crippen LogP contribution in [0.4, 0.5) is 14.7 Å². The molecule has 4 rings (SSSR count). The molecule has 2 aliphatic heterocycles. The second-order valence-corrected chi connectivity index (χ2v) is 12.2. The van der Waals surface area contributed by atoms with Crippen molar-refractivity contribution in [1.29, 1.82) is 0 Å². The Labute approximate surface area is 268 Å². The molecule has 5 atom stereocenters. The van der Waals surface area contributed by atoms with Crippen molar-refractivity contribution < 1.29 is 43.8 Å². The van der Waals surface area contributed by atoms with E-state index in [9.17, 15) is 25.2 Å². The highest BCUT2D eigenvalue weighted by Crippen LogP contribution is 2.30. The summed E-state index contributed by atoms with van der Waals surface area (Å²) >= 11 is 0. The zero-order valence-corrected chi connectivity index (χ0v) is 26.3. The van der Waals surface area contributed by atoms with Crippen molar-refractivity contribution in [3.05, 3.63) is 47.3 Å². The zero-order chi connectivity index (χ0) is 33.2. The monoisotopic (exact) mass is 651 g/mol. The van der Waals surface area contributed by atoms with Gasteiger partial charge in [-0.3, -0.25) is 9.80 Å². The molecular formula is C32H47F2N5O7. The summed E-state index contributed by atoms with van der Waals surface area (Å²) in [5, 5.41) is 48.6. The Morgan fingerprint density at radius 3 is 2.13 bits per heavy atom. The number of anilines is 1. The van der Waals surface area contributed by atoms with Crippen molar-refractivity contribution in [2.75, 3.05) is 63.9 Å². The van der Waals surface area contributed by atoms with Gasteiger partial charge in [0.25, 0.3) is 0 Å². The van der Waals surface area contributed by atoms with E-state index in [0.29, 0.717) is 31.9 Å². The maximum Gasteiger partial charge on any atom is 0.225 e. The van der Waals surface area contributed by atoms with Crippen molar-refractivity contribution >= 4 is 12.2 Å². The molecule has 256 valence electrons. The number of aliphatic hydroxyl groups is 5. The summed E-state index contributed by atoms with van der Waals surface area (Å²) in [6.45, 7) is 4.46. The van der Waals surface area contributed by atoms with E-state index < -0.39 is 48.7 Å². The molecule has 3 heterocycles. The Morgan fingerprint density at radius 2 is 1.57 bits per heavy atom. The molecule has 2 aromatic rings. The van der Waals surface area contributed by atoms with Crippen LogP contribution in [-0.2, 0) is 11.2 Å². The number of hydrogen-bond donors (Lipinski definition) is 5. The smallest absolute Gasteiger partial charge is 0.225 e. The van der Waals surface area contributed by atoms with Gasteiger partial charge in [-0.05, 0) is 43.6 Å². The van der Waals surface area contributed by atoms with E-state index in [0.717, 1.165) is 68.8 Å². The first kappa shape index (κ1) is 36.0. The third-order valence-electron chi connectivity index (χ3n) is 9.07. The molecule has 2 aliphatic rings. The van der Waals surface area contributed by atoms with Gasteiger partial charge in [-0.15, -0.1) is 0 Å². The summed E-state index contributed by atoms with van der Waals surface area (Å²) in [7, 11) is 0. The lowest BCUT2D eigenvalue weighted by atomic mass is 9.92. The van der Waals surface area contributed by atoms with Gasteiger partial charge in [-0.2, -0.15) is 0 Å². The molecule has 1 aromatic carbocycles. The Morgan fingerprint density at radius 1 is 0.957 bits per heavy atom. The summed E-state index contributed by atoms with van der Waals surface area (Å²) in [5.41, 5.74) is 0.757. The number of aldehydes is 1. The molecule has 1 aromatic heterocycles. The highest BCUT2D eigenvalue weighted by Gasteiger charge is 2.34. The first-order chi connectivity index (χ1) is 22.1. The maximum absolute atomic E-state index is 15.2. The van der Waals surface area contributed by atoms with Gasteiger partial charge in [0, 0.05) is 75.9 Å². The standard InChI is InChI=1S/C32H47F2N5O7/c1-2-21-16-35-32(36-17-21)39-7-5-22(6-8-39)4-3-13-46-23-14-24(33)29(25(34)15-23)26(19-40)38-11-9-37(10-12-38)18-27(42)30(44)31(45)28(43)20-41/h14-17,19,22,26-28,30-31,41-45H,2-13,18,20H2,1H3/t26?,27-,28+,30+,31+/m0/s1. The zero-order valence-electron chi connectivity index (χ0n) is 26.3. The van der Waals surface area contributed by atoms with Crippen LogP contribution in [0, 0.1) is 17.6 Å². The number of piperazine rings is 1. The van der Waals surface area contributed by atoms with Gasteiger partial charge in [0.2, 0.25) is 5.95 Å². The first-order valence-electron chi connectivity index (χ1n) is 16.1. The Bertz CT molecular complexity index is 1210. The molecule has 0 amide bonds. The molecule has 0 spiro atoms. The second kappa shape index (κ2) is 17.3. The maximum atomic E-state index is 15.2. The Balaban J connectivity index is 1.21. The van der Waals surface area contributed by atoms with Gasteiger partial charge < -0.3 is 40.0 Å². The van der Waals surface area contributed by atoms with Gasteiger partial charge in [0.1, 0.15) is 42.0 Å². The lowest BCUT2D eigenvalue weighted by molar-refractivity contribution is -0.122. The van der Waals surface area contributed by atoms with E-state index in [1.807, 2.05) is 12.4 Å². The third-order valence-corrected chi connectivity index (χ3v) is 9.07. The van der Waals surface area contributed by atoms with E-state index in [4.69, 9.17) is 9.84 Å². The number of β-amino-alcohol motifs (C(OH)–C–C–N with tert-alkyl or cyclic N) is 1. The molecule has 12 nitrogen and oxygen atoms in total. The number of benzene rings is 1. The topological polar surface area (TPSA) is 163 Å². The Kier molecular flexibility index (Phi) is 13.6. The number of halogens is 2. The highest BCUT2D eigenvalue weighted by molar-refractivity contribution is 5.62. The minimum absolute atomic E-state index is 0.0492. The molecule has 0 saturated carbocycles. The van der Waals surface area contributed by atoms with Gasteiger partial charge in [0.05, 0.1) is 25.4 Å². The molecule has 5 N–H and O–H groups in total. The van der Waals surface area contributed by atoms with Crippen molar-refractivity contribution in [3.63, 3.8) is 0 Å². The largest absolute Gasteiger partial charge is 0.493 e. The highest BCUT2D eigenvalue weighted by atomic mass is 19.1. The van der Waals surface area contributed by atoms with E-state index in [2.05, 4.69) is 21.8 Å². The van der Waals surface area contributed by atoms with Gasteiger partial charge >= 0.3 is 0 Å². The number of aliphatic hydroxyl groups excluding tert-OH is 5. The van der Waals surface area contributed by atoms with E-state index in [1.54, 1.807) is 9.80 Å². The van der Waals surface area contributed by atoms with Gasteiger partial charge in [-0.25, -0.2) is 18.7 Å². The average Bonchev–Trinajstić information content (AvgIpc) is 3.08. The van der Waals surface area contributed by atoms with Crippen molar-refractivity contribution in [1.82, 2.24) is 19.8 Å². The van der Waals surface area contributed by atoms with Crippen LogP contribution in [0.3, 0.4) is 0 Å². The summed E-state index contributed by atoms with van der Waals surface area (Å²) in [4.78, 5) is 26.6. The van der Waals surface area contributed by atoms with E-state index in [-0.39, 0.29) is 30.9 Å².